The maximum Gasteiger partial charge on any atom is 0.405 e. The molecule has 0 saturated carbocycles. The first-order valence-electron chi connectivity index (χ1n) is 21.3. The van der Waals surface area contributed by atoms with Gasteiger partial charge in [0.25, 0.3) is 18.2 Å². The van der Waals surface area contributed by atoms with Crippen molar-refractivity contribution in [3.8, 4) is 17.1 Å². The highest BCUT2D eigenvalue weighted by Crippen LogP contribution is 2.30. The third-order valence-corrected chi connectivity index (χ3v) is 11.6. The highest BCUT2D eigenvalue weighted by atomic mass is 19.4. The van der Waals surface area contributed by atoms with E-state index in [9.17, 15) is 46.2 Å². The fourth-order valence-electron chi connectivity index (χ4n) is 8.22. The molecule has 3 atom stereocenters. The normalized spacial score (nSPS) is 18.0. The van der Waals surface area contributed by atoms with Gasteiger partial charge >= 0.3 is 11.9 Å². The molecule has 4 aromatic heterocycles. The third kappa shape index (κ3) is 10.7. The van der Waals surface area contributed by atoms with Gasteiger partial charge in [-0.2, -0.15) is 18.3 Å². The Kier molecular flexibility index (Phi) is 13.5. The standard InChI is InChI=1S/C44H46F5N11O7/c1-56(20-29-21-58(16-17-66-29)15-3-4-25-5-10-32-34(18-25)57(2)43(65)60(32)33-11-12-36(61)54-40(33)63)42(64)26-6-8-28(9-7-26)59-22-30(37(55-59)38(45)46)52-39(62)31-23-67-41(53-31)27-13-14-50-35(19-27)51-24-44(47,48)49/h5-10,13-14,18-19,22-23,29,33,38,40,63H,3-4,11-12,15-17,20-21,24H2,1-2H3,(H,50,51)(H,52,62)(H,54,61)/t29-,33?,40?/m0/s1. The summed E-state index contributed by atoms with van der Waals surface area (Å²) < 4.78 is 81.8. The number of rotatable bonds is 15. The van der Waals surface area contributed by atoms with Crippen LogP contribution in [0.4, 0.5) is 33.5 Å². The van der Waals surface area contributed by atoms with Crippen LogP contribution in [0.5, 0.6) is 0 Å². The van der Waals surface area contributed by atoms with Crippen LogP contribution in [0, 0.1) is 0 Å². The van der Waals surface area contributed by atoms with Crippen LogP contribution < -0.4 is 21.6 Å². The van der Waals surface area contributed by atoms with Gasteiger partial charge in [-0.3, -0.25) is 28.4 Å². The van der Waals surface area contributed by atoms with Crippen molar-refractivity contribution >= 4 is 40.3 Å². The number of imidazole rings is 1. The number of morpholine rings is 1. The van der Waals surface area contributed by atoms with E-state index < -0.39 is 43.0 Å². The molecule has 23 heteroatoms. The van der Waals surface area contributed by atoms with Crippen molar-refractivity contribution in [1.82, 2.24) is 44.0 Å². The number of carbonyl (C=O) groups is 3. The number of hydrogen-bond acceptors (Lipinski definition) is 12. The minimum Gasteiger partial charge on any atom is -0.444 e. The van der Waals surface area contributed by atoms with Gasteiger partial charge in [0, 0.05) is 57.5 Å². The van der Waals surface area contributed by atoms with Crippen molar-refractivity contribution in [3.63, 3.8) is 0 Å². The van der Waals surface area contributed by atoms with Gasteiger partial charge < -0.3 is 35.1 Å². The number of oxazole rings is 1. The van der Waals surface area contributed by atoms with E-state index >= 15 is 0 Å². The topological polar surface area (TPSA) is 207 Å². The summed E-state index contributed by atoms with van der Waals surface area (Å²) in [5.41, 5.74) is 1.74. The van der Waals surface area contributed by atoms with Gasteiger partial charge in [-0.15, -0.1) is 0 Å². The number of hydrogen-bond donors (Lipinski definition) is 4. The second kappa shape index (κ2) is 19.5. The molecule has 2 unspecified atom stereocenters. The first-order valence-corrected chi connectivity index (χ1v) is 21.3. The molecular formula is C44H46F5N11O7. The number of nitrogens with one attached hydrogen (secondary N) is 3. The van der Waals surface area contributed by atoms with Crippen molar-refractivity contribution in [3.05, 3.63) is 106 Å². The summed E-state index contributed by atoms with van der Waals surface area (Å²) in [6, 6.07) is 14.1. The summed E-state index contributed by atoms with van der Waals surface area (Å²) >= 11 is 0. The Hall–Kier alpha value is -6.98. The molecule has 0 spiro atoms. The summed E-state index contributed by atoms with van der Waals surface area (Å²) in [5.74, 6) is -1.69. The number of ether oxygens (including phenoxy) is 1. The highest BCUT2D eigenvalue weighted by Gasteiger charge is 2.32. The number of halogens is 5. The van der Waals surface area contributed by atoms with E-state index in [0.29, 0.717) is 42.9 Å². The van der Waals surface area contributed by atoms with E-state index in [-0.39, 0.29) is 58.7 Å². The molecule has 4 N–H and O–H groups in total. The van der Waals surface area contributed by atoms with E-state index in [2.05, 4.69) is 35.9 Å². The van der Waals surface area contributed by atoms with Crippen LogP contribution in [-0.2, 0) is 23.0 Å². The fourth-order valence-corrected chi connectivity index (χ4v) is 8.22. The third-order valence-electron chi connectivity index (χ3n) is 11.6. The van der Waals surface area contributed by atoms with Crippen LogP contribution in [0.3, 0.4) is 0 Å². The predicted octanol–water partition coefficient (Wildman–Crippen LogP) is 4.91. The lowest BCUT2D eigenvalue weighted by molar-refractivity contribution is -0.128. The van der Waals surface area contributed by atoms with E-state index in [0.717, 1.165) is 48.0 Å². The Morgan fingerprint density at radius 1 is 1.07 bits per heavy atom. The van der Waals surface area contributed by atoms with Gasteiger partial charge in [-0.1, -0.05) is 6.07 Å². The minimum absolute atomic E-state index is 0.113. The van der Waals surface area contributed by atoms with Crippen molar-refractivity contribution in [2.45, 2.75) is 56.7 Å². The maximum atomic E-state index is 14.1. The molecule has 2 aliphatic rings. The van der Waals surface area contributed by atoms with E-state index in [1.807, 2.05) is 18.2 Å². The van der Waals surface area contributed by atoms with Crippen molar-refractivity contribution < 1.29 is 50.6 Å². The Morgan fingerprint density at radius 2 is 1.87 bits per heavy atom. The zero-order valence-corrected chi connectivity index (χ0v) is 36.2. The Balaban J connectivity index is 0.834. The van der Waals surface area contributed by atoms with E-state index in [4.69, 9.17) is 9.15 Å². The second-order valence-electron chi connectivity index (χ2n) is 16.3. The number of alkyl halides is 5. The van der Waals surface area contributed by atoms with E-state index in [1.54, 1.807) is 28.1 Å². The molecule has 3 amide bonds. The van der Waals surface area contributed by atoms with Crippen LogP contribution in [0.2, 0.25) is 0 Å². The van der Waals surface area contributed by atoms with Gasteiger partial charge in [0.1, 0.15) is 24.9 Å². The number of aryl methyl sites for hydroxylation is 2. The van der Waals surface area contributed by atoms with Crippen molar-refractivity contribution in [1.29, 1.82) is 0 Å². The second-order valence-corrected chi connectivity index (χ2v) is 16.3. The Morgan fingerprint density at radius 3 is 2.61 bits per heavy atom. The quantitative estimate of drug-likeness (QED) is 0.101. The first-order chi connectivity index (χ1) is 32.0. The van der Waals surface area contributed by atoms with Crippen LogP contribution in [0.1, 0.15) is 63.8 Å². The number of amides is 3. The summed E-state index contributed by atoms with van der Waals surface area (Å²) in [6.45, 7) is 1.59. The number of pyridine rings is 1. The maximum absolute atomic E-state index is 14.1. The number of nitrogens with zero attached hydrogens (tertiary/aromatic N) is 8. The van der Waals surface area contributed by atoms with Gasteiger partial charge in [0.2, 0.25) is 11.8 Å². The van der Waals surface area contributed by atoms with Crippen LogP contribution in [0.15, 0.2) is 82.5 Å². The summed E-state index contributed by atoms with van der Waals surface area (Å²) in [4.78, 5) is 63.2. The zero-order chi connectivity index (χ0) is 47.6. The first kappa shape index (κ1) is 46.5. The molecule has 18 nitrogen and oxygen atoms in total. The summed E-state index contributed by atoms with van der Waals surface area (Å²) in [6.07, 6.45) is -3.41. The minimum atomic E-state index is -4.48. The van der Waals surface area contributed by atoms with Gasteiger partial charge in [0.15, 0.2) is 11.4 Å². The number of aliphatic hydroxyl groups excluding tert-OH is 1. The number of likely N-dealkylation sites (N-methyl/N-ethyl adjacent to an activating group) is 1. The van der Waals surface area contributed by atoms with Crippen LogP contribution in [0.25, 0.3) is 28.2 Å². The molecule has 8 rings (SSSR count). The number of benzene rings is 2. The molecule has 0 bridgehead atoms. The molecule has 67 heavy (non-hydrogen) atoms. The molecule has 2 fully saturated rings. The molecule has 2 aromatic carbocycles. The van der Waals surface area contributed by atoms with Crippen molar-refractivity contribution in [2.75, 3.05) is 57.0 Å². The molecule has 2 saturated heterocycles. The number of carbonyl (C=O) groups excluding carboxylic acids is 3. The number of aromatic nitrogens is 6. The lowest BCUT2D eigenvalue weighted by Gasteiger charge is -2.34. The van der Waals surface area contributed by atoms with Gasteiger partial charge in [0.05, 0.1) is 47.4 Å². The fraction of sp³-hybridized carbons (Fsp3) is 0.386. The van der Waals surface area contributed by atoms with Crippen LogP contribution >= 0.6 is 0 Å². The Labute approximate surface area is 378 Å². The largest absolute Gasteiger partial charge is 0.444 e. The average molecular weight is 936 g/mol. The molecule has 354 valence electrons. The molecule has 6 aromatic rings. The number of anilines is 2. The predicted molar refractivity (Wildman–Crippen MR) is 232 cm³/mol. The molecule has 0 radical (unpaired) electrons. The van der Waals surface area contributed by atoms with Gasteiger partial charge in [-0.05, 0) is 79.9 Å². The van der Waals surface area contributed by atoms with E-state index in [1.165, 1.54) is 48.8 Å². The van der Waals surface area contributed by atoms with Gasteiger partial charge in [-0.25, -0.2) is 28.2 Å². The zero-order valence-electron chi connectivity index (χ0n) is 36.2. The SMILES string of the molecule is CN(C[C@H]1CN(CCCc2ccc3c(c2)n(C)c(=O)n3C2CCC(=O)NC2O)CCO1)C(=O)c1ccc(-n2cc(NC(=O)c3coc(-c4ccnc(NCC(F)(F)F)c4)n3)c(C(F)F)n2)cc1. The summed E-state index contributed by atoms with van der Waals surface area (Å²) in [7, 11) is 3.36. The average Bonchev–Trinajstić information content (AvgIpc) is 4.03. The lowest BCUT2D eigenvalue weighted by atomic mass is 10.0. The number of piperidine rings is 1. The summed E-state index contributed by atoms with van der Waals surface area (Å²) in [5, 5.41) is 21.5. The number of aliphatic hydroxyl groups is 1. The monoisotopic (exact) mass is 935 g/mol. The molecular weight excluding hydrogens is 890 g/mol. The number of fused-ring (bicyclic) bond motifs is 1. The van der Waals surface area contributed by atoms with Crippen molar-refractivity contribution in [2.24, 2.45) is 7.05 Å². The molecule has 6 heterocycles. The molecule has 0 aliphatic carbocycles. The molecule has 2 aliphatic heterocycles. The lowest BCUT2D eigenvalue weighted by Crippen LogP contribution is -2.48. The smallest absolute Gasteiger partial charge is 0.405 e. The highest BCUT2D eigenvalue weighted by molar-refractivity contribution is 6.03. The van der Waals surface area contributed by atoms with Crippen LogP contribution in [-0.4, -0.2) is 126 Å². The Bertz CT molecular complexity index is 2820.